The molecule has 0 aromatic carbocycles. The van der Waals surface area contributed by atoms with Crippen LogP contribution < -0.4 is 0 Å². The number of carbonyl (C=O) groups is 2. The third-order valence-corrected chi connectivity index (χ3v) is 4.39. The Hall–Kier alpha value is -1.06. The van der Waals surface area contributed by atoms with Gasteiger partial charge in [-0.05, 0) is 24.7 Å². The molecule has 1 saturated carbocycles. The van der Waals surface area contributed by atoms with E-state index in [-0.39, 0.29) is 17.2 Å². The van der Waals surface area contributed by atoms with Crippen LogP contribution in [0.4, 0.5) is 0 Å². The molecule has 1 amide bonds. The zero-order valence-electron chi connectivity index (χ0n) is 11.3. The molecule has 4 heteroatoms. The summed E-state index contributed by atoms with van der Waals surface area (Å²) in [5.74, 6) is -1.47. The van der Waals surface area contributed by atoms with E-state index in [0.717, 1.165) is 38.8 Å². The summed E-state index contributed by atoms with van der Waals surface area (Å²) in [5.41, 5.74) is 0.184. The molecule has 1 saturated heterocycles. The molecular formula is C14H23NO3. The van der Waals surface area contributed by atoms with Gasteiger partial charge in [-0.3, -0.25) is 9.59 Å². The fraction of sp³-hybridized carbons (Fsp3) is 0.857. The zero-order valence-corrected chi connectivity index (χ0v) is 11.3. The van der Waals surface area contributed by atoms with E-state index in [0.29, 0.717) is 6.42 Å². The van der Waals surface area contributed by atoms with Crippen LogP contribution >= 0.6 is 0 Å². The van der Waals surface area contributed by atoms with Crippen LogP contribution in [0.15, 0.2) is 0 Å². The van der Waals surface area contributed by atoms with Crippen LogP contribution in [-0.2, 0) is 9.59 Å². The number of hydrogen-bond donors (Lipinski definition) is 1. The Morgan fingerprint density at radius 1 is 1.17 bits per heavy atom. The maximum absolute atomic E-state index is 12.5. The number of amides is 1. The number of aliphatic carboxylic acids is 1. The fourth-order valence-corrected chi connectivity index (χ4v) is 3.26. The van der Waals surface area contributed by atoms with E-state index in [1.54, 1.807) is 0 Å². The first-order valence-corrected chi connectivity index (χ1v) is 6.92. The molecule has 1 aliphatic heterocycles. The second kappa shape index (κ2) is 4.90. The number of carboxylic acids is 1. The fourth-order valence-electron chi connectivity index (χ4n) is 3.26. The van der Waals surface area contributed by atoms with E-state index < -0.39 is 11.9 Å². The largest absolute Gasteiger partial charge is 0.481 e. The third kappa shape index (κ3) is 2.68. The van der Waals surface area contributed by atoms with Gasteiger partial charge in [-0.25, -0.2) is 0 Å². The summed E-state index contributed by atoms with van der Waals surface area (Å²) >= 11 is 0. The van der Waals surface area contributed by atoms with Gasteiger partial charge in [-0.15, -0.1) is 0 Å². The quantitative estimate of drug-likeness (QED) is 0.820. The normalized spacial score (nSPS) is 31.3. The van der Waals surface area contributed by atoms with E-state index in [1.165, 1.54) is 0 Å². The molecule has 18 heavy (non-hydrogen) atoms. The minimum Gasteiger partial charge on any atom is -0.481 e. The number of nitrogens with zero attached hydrogens (tertiary/aromatic N) is 1. The van der Waals surface area contributed by atoms with Gasteiger partial charge in [-0.1, -0.05) is 26.7 Å². The first-order valence-electron chi connectivity index (χ1n) is 6.92. The van der Waals surface area contributed by atoms with Crippen molar-refractivity contribution in [3.8, 4) is 0 Å². The van der Waals surface area contributed by atoms with Crippen molar-refractivity contribution in [3.05, 3.63) is 0 Å². The van der Waals surface area contributed by atoms with Crippen molar-refractivity contribution in [2.75, 3.05) is 13.1 Å². The van der Waals surface area contributed by atoms with Crippen molar-refractivity contribution in [1.82, 2.24) is 4.90 Å². The molecule has 1 N–H and O–H groups in total. The second-order valence-electron chi connectivity index (χ2n) is 6.51. The highest BCUT2D eigenvalue weighted by Gasteiger charge is 2.41. The van der Waals surface area contributed by atoms with Gasteiger partial charge < -0.3 is 10.0 Å². The molecule has 0 aromatic heterocycles. The van der Waals surface area contributed by atoms with Crippen molar-refractivity contribution >= 4 is 11.9 Å². The van der Waals surface area contributed by atoms with Gasteiger partial charge in [0.15, 0.2) is 0 Å². The van der Waals surface area contributed by atoms with E-state index in [9.17, 15) is 14.7 Å². The first kappa shape index (κ1) is 13.4. The Balaban J connectivity index is 2.05. The molecule has 0 spiro atoms. The van der Waals surface area contributed by atoms with E-state index in [2.05, 4.69) is 13.8 Å². The van der Waals surface area contributed by atoms with Crippen molar-refractivity contribution in [2.45, 2.75) is 46.0 Å². The van der Waals surface area contributed by atoms with Crippen LogP contribution in [0.25, 0.3) is 0 Å². The van der Waals surface area contributed by atoms with Crippen LogP contribution in [-0.4, -0.2) is 35.0 Å². The highest BCUT2D eigenvalue weighted by molar-refractivity contribution is 5.85. The predicted octanol–water partition coefficient (Wildman–Crippen LogP) is 2.14. The average molecular weight is 253 g/mol. The number of carboxylic acid groups (broad SMARTS) is 1. The number of hydrogen-bond acceptors (Lipinski definition) is 2. The van der Waals surface area contributed by atoms with E-state index in [4.69, 9.17) is 0 Å². The lowest BCUT2D eigenvalue weighted by Gasteiger charge is -2.31. The third-order valence-electron chi connectivity index (χ3n) is 4.39. The molecular weight excluding hydrogens is 230 g/mol. The lowest BCUT2D eigenvalue weighted by Crippen LogP contribution is -2.42. The maximum Gasteiger partial charge on any atom is 0.307 e. The first-order chi connectivity index (χ1) is 8.41. The maximum atomic E-state index is 12.5. The molecule has 1 heterocycles. The molecule has 102 valence electrons. The molecule has 2 unspecified atom stereocenters. The van der Waals surface area contributed by atoms with Crippen LogP contribution in [0.3, 0.4) is 0 Å². The van der Waals surface area contributed by atoms with Gasteiger partial charge in [0.05, 0.1) is 11.8 Å². The topological polar surface area (TPSA) is 57.6 Å². The Morgan fingerprint density at radius 3 is 2.28 bits per heavy atom. The van der Waals surface area contributed by atoms with Crippen molar-refractivity contribution in [3.63, 3.8) is 0 Å². The summed E-state index contributed by atoms with van der Waals surface area (Å²) in [4.78, 5) is 25.6. The van der Waals surface area contributed by atoms with E-state index in [1.807, 2.05) is 4.90 Å². The number of likely N-dealkylation sites (tertiary alicyclic amines) is 1. The Morgan fingerprint density at radius 2 is 1.78 bits per heavy atom. The highest BCUT2D eigenvalue weighted by atomic mass is 16.4. The van der Waals surface area contributed by atoms with Crippen LogP contribution in [0.1, 0.15) is 46.0 Å². The van der Waals surface area contributed by atoms with Crippen molar-refractivity contribution in [2.24, 2.45) is 17.3 Å². The van der Waals surface area contributed by atoms with Crippen LogP contribution in [0, 0.1) is 17.3 Å². The summed E-state index contributed by atoms with van der Waals surface area (Å²) in [6.07, 6.45) is 4.34. The second-order valence-corrected chi connectivity index (χ2v) is 6.51. The zero-order chi connectivity index (χ0) is 13.3. The summed E-state index contributed by atoms with van der Waals surface area (Å²) in [6.45, 7) is 5.88. The van der Waals surface area contributed by atoms with Gasteiger partial charge in [0.2, 0.25) is 5.91 Å². The Bertz CT molecular complexity index is 351. The van der Waals surface area contributed by atoms with Gasteiger partial charge >= 0.3 is 5.97 Å². The van der Waals surface area contributed by atoms with Gasteiger partial charge in [0, 0.05) is 13.1 Å². The van der Waals surface area contributed by atoms with Gasteiger partial charge in [-0.2, -0.15) is 0 Å². The Labute approximate surface area is 108 Å². The molecule has 2 fully saturated rings. The van der Waals surface area contributed by atoms with E-state index >= 15 is 0 Å². The number of rotatable bonds is 2. The lowest BCUT2D eigenvalue weighted by molar-refractivity contribution is -0.152. The SMILES string of the molecule is CC1(C)CCN(C(=O)C2CCCCC2C(=O)O)C1. The minimum atomic E-state index is -0.800. The predicted molar refractivity (Wildman–Crippen MR) is 68.1 cm³/mol. The highest BCUT2D eigenvalue weighted by Crippen LogP contribution is 2.35. The number of carbonyl (C=O) groups excluding carboxylic acids is 1. The molecule has 2 atom stereocenters. The summed E-state index contributed by atoms with van der Waals surface area (Å²) in [7, 11) is 0. The van der Waals surface area contributed by atoms with Crippen molar-refractivity contribution < 1.29 is 14.7 Å². The summed E-state index contributed by atoms with van der Waals surface area (Å²) in [6, 6.07) is 0. The molecule has 2 aliphatic rings. The van der Waals surface area contributed by atoms with Gasteiger partial charge in [0.25, 0.3) is 0 Å². The Kier molecular flexibility index (Phi) is 3.64. The molecule has 4 nitrogen and oxygen atoms in total. The standard InChI is InChI=1S/C14H23NO3/c1-14(2)7-8-15(9-14)12(16)10-5-3-4-6-11(10)13(17)18/h10-11H,3-9H2,1-2H3,(H,17,18). The lowest BCUT2D eigenvalue weighted by atomic mass is 9.78. The molecule has 0 bridgehead atoms. The molecule has 0 radical (unpaired) electrons. The van der Waals surface area contributed by atoms with Crippen LogP contribution in [0.5, 0.6) is 0 Å². The molecule has 0 aromatic rings. The van der Waals surface area contributed by atoms with Gasteiger partial charge in [0.1, 0.15) is 0 Å². The van der Waals surface area contributed by atoms with Crippen molar-refractivity contribution in [1.29, 1.82) is 0 Å². The molecule has 2 rings (SSSR count). The monoisotopic (exact) mass is 253 g/mol. The molecule has 1 aliphatic carbocycles. The smallest absolute Gasteiger partial charge is 0.307 e. The van der Waals surface area contributed by atoms with Crippen LogP contribution in [0.2, 0.25) is 0 Å². The minimum absolute atomic E-state index is 0.0766. The average Bonchev–Trinajstić information content (AvgIpc) is 2.68. The summed E-state index contributed by atoms with van der Waals surface area (Å²) in [5, 5.41) is 9.23. The summed E-state index contributed by atoms with van der Waals surface area (Å²) < 4.78 is 0.